The average Bonchev–Trinajstić information content (AvgIpc) is 3.36. The molecule has 0 heterocycles. The molecule has 41 heavy (non-hydrogen) atoms. The summed E-state index contributed by atoms with van der Waals surface area (Å²) in [5, 5.41) is 25.0. The first-order chi connectivity index (χ1) is 19.4. The van der Waals surface area contributed by atoms with E-state index < -0.39 is 11.5 Å². The van der Waals surface area contributed by atoms with E-state index in [1.165, 1.54) is 18.4 Å². The molecule has 0 spiro atoms. The van der Waals surface area contributed by atoms with Gasteiger partial charge in [-0.05, 0) is 123 Å². The summed E-state index contributed by atoms with van der Waals surface area (Å²) in [4.78, 5) is 14.3. The number of aliphatic hydroxyl groups is 2. The topological polar surface area (TPSA) is 69.6 Å². The van der Waals surface area contributed by atoms with Crippen LogP contribution in [0.5, 0.6) is 0 Å². The Kier molecular flexibility index (Phi) is 7.14. The Balaban J connectivity index is 1.34. The molecule has 226 valence electrons. The van der Waals surface area contributed by atoms with Gasteiger partial charge in [0.25, 0.3) is 0 Å². The van der Waals surface area contributed by atoms with Gasteiger partial charge in [-0.15, -0.1) is 0 Å². The molecule has 0 aliphatic heterocycles. The van der Waals surface area contributed by atoms with Crippen LogP contribution in [0.1, 0.15) is 104 Å². The van der Waals surface area contributed by atoms with Crippen molar-refractivity contribution in [1.29, 1.82) is 0 Å². The van der Waals surface area contributed by atoms with Gasteiger partial charge in [0.2, 0.25) is 5.91 Å². The van der Waals surface area contributed by atoms with Crippen LogP contribution in [0.4, 0.5) is 0 Å². The van der Waals surface area contributed by atoms with Gasteiger partial charge in [0.15, 0.2) is 0 Å². The third-order valence-electron chi connectivity index (χ3n) is 14.9. The lowest BCUT2D eigenvalue weighted by molar-refractivity contribution is -0.252. The van der Waals surface area contributed by atoms with E-state index in [-0.39, 0.29) is 34.2 Å². The molecular weight excluding hydrogens is 506 g/mol. The van der Waals surface area contributed by atoms with Gasteiger partial charge in [-0.2, -0.15) is 0 Å². The molecule has 1 aromatic rings. The second kappa shape index (κ2) is 9.94. The van der Waals surface area contributed by atoms with E-state index in [1.807, 2.05) is 18.2 Å². The lowest BCUT2D eigenvalue weighted by Crippen LogP contribution is -2.68. The Hall–Kier alpha value is -1.65. The number of aliphatic hydroxyl groups excluding tert-OH is 2. The molecule has 0 radical (unpaired) electrons. The summed E-state index contributed by atoms with van der Waals surface area (Å²) in [6.45, 7) is 17.2. The van der Waals surface area contributed by atoms with E-state index in [2.05, 4.69) is 58.6 Å². The van der Waals surface area contributed by atoms with Gasteiger partial charge in [-0.3, -0.25) is 4.79 Å². The van der Waals surface area contributed by atoms with Gasteiger partial charge >= 0.3 is 0 Å². The summed E-state index contributed by atoms with van der Waals surface area (Å²) in [7, 11) is 0. The van der Waals surface area contributed by atoms with Crippen LogP contribution in [0, 0.1) is 56.7 Å². The van der Waals surface area contributed by atoms with Gasteiger partial charge in [-0.1, -0.05) is 70.2 Å². The van der Waals surface area contributed by atoms with E-state index >= 15 is 0 Å². The maximum Gasteiger partial charge on any atom is 0.226 e. The fraction of sp³-hybridized carbons (Fsp3) is 0.757. The van der Waals surface area contributed by atoms with Crippen LogP contribution in [0.15, 0.2) is 42.5 Å². The third-order valence-corrected chi connectivity index (χ3v) is 14.9. The summed E-state index contributed by atoms with van der Waals surface area (Å²) < 4.78 is 0. The molecule has 1 aromatic carbocycles. The highest BCUT2D eigenvalue weighted by molar-refractivity contribution is 5.84. The average molecular weight is 562 g/mol. The van der Waals surface area contributed by atoms with E-state index in [0.29, 0.717) is 36.1 Å². The Bertz CT molecular complexity index is 1180. The van der Waals surface area contributed by atoms with Crippen LogP contribution in [0.25, 0.3) is 0 Å². The summed E-state index contributed by atoms with van der Waals surface area (Å²) >= 11 is 0. The smallest absolute Gasteiger partial charge is 0.226 e. The van der Waals surface area contributed by atoms with Crippen molar-refractivity contribution in [3.05, 3.63) is 48.0 Å². The number of hydrogen-bond donors (Lipinski definition) is 3. The number of benzene rings is 1. The zero-order valence-corrected chi connectivity index (χ0v) is 26.3. The lowest BCUT2D eigenvalue weighted by Gasteiger charge is -2.73. The predicted octanol–water partition coefficient (Wildman–Crippen LogP) is 7.29. The van der Waals surface area contributed by atoms with Crippen LogP contribution in [0.2, 0.25) is 0 Å². The number of carbonyl (C=O) groups excluding carboxylic acids is 1. The summed E-state index contributed by atoms with van der Waals surface area (Å²) in [5.74, 6) is 2.49. The zero-order valence-electron chi connectivity index (χ0n) is 26.3. The minimum Gasteiger partial charge on any atom is -0.396 e. The van der Waals surface area contributed by atoms with E-state index in [9.17, 15) is 15.0 Å². The normalized spacial score (nSPS) is 48.8. The zero-order chi connectivity index (χ0) is 29.4. The fourth-order valence-electron chi connectivity index (χ4n) is 12.5. The predicted molar refractivity (Wildman–Crippen MR) is 165 cm³/mol. The van der Waals surface area contributed by atoms with Crippen molar-refractivity contribution in [2.24, 2.45) is 56.7 Å². The Labute approximate surface area is 248 Å². The third kappa shape index (κ3) is 3.94. The van der Waals surface area contributed by atoms with E-state index in [0.717, 1.165) is 56.9 Å². The molecule has 11 atom stereocenters. The number of hydrogen-bond acceptors (Lipinski definition) is 3. The maximum atomic E-state index is 14.3. The van der Waals surface area contributed by atoms with E-state index in [4.69, 9.17) is 0 Å². The molecule has 0 bridgehead atoms. The number of fused-ring (bicyclic) bond motifs is 7. The second-order valence-electron chi connectivity index (χ2n) is 16.2. The molecule has 5 saturated carbocycles. The van der Waals surface area contributed by atoms with Gasteiger partial charge in [0.1, 0.15) is 0 Å². The highest BCUT2D eigenvalue weighted by Crippen LogP contribution is 2.77. The van der Waals surface area contributed by atoms with Crippen LogP contribution in [-0.4, -0.2) is 28.8 Å². The Morgan fingerprint density at radius 2 is 1.63 bits per heavy atom. The van der Waals surface area contributed by atoms with Crippen LogP contribution >= 0.6 is 0 Å². The molecule has 0 aromatic heterocycles. The van der Waals surface area contributed by atoms with Crippen molar-refractivity contribution in [1.82, 2.24) is 5.32 Å². The number of rotatable bonds is 5. The Morgan fingerprint density at radius 3 is 2.32 bits per heavy atom. The lowest BCUT2D eigenvalue weighted by atomic mass is 9.32. The molecule has 5 fully saturated rings. The number of nitrogens with one attached hydrogen (secondary N) is 1. The molecule has 3 unspecified atom stereocenters. The number of allylic oxidation sites excluding steroid dienone is 1. The highest BCUT2D eigenvalue weighted by atomic mass is 16.3. The Morgan fingerprint density at radius 1 is 0.902 bits per heavy atom. The monoisotopic (exact) mass is 561 g/mol. The van der Waals surface area contributed by atoms with E-state index in [1.54, 1.807) is 0 Å². The molecule has 4 heteroatoms. The molecule has 6 rings (SSSR count). The first kappa shape index (κ1) is 29.4. The first-order valence-corrected chi connectivity index (χ1v) is 16.6. The van der Waals surface area contributed by atoms with Crippen molar-refractivity contribution in [2.75, 3.05) is 6.61 Å². The van der Waals surface area contributed by atoms with Crippen molar-refractivity contribution >= 4 is 5.91 Å². The fourth-order valence-corrected chi connectivity index (χ4v) is 12.5. The minimum atomic E-state index is -0.416. The van der Waals surface area contributed by atoms with Crippen LogP contribution < -0.4 is 5.32 Å². The summed E-state index contributed by atoms with van der Waals surface area (Å²) in [6, 6.07) is 10.3. The quantitative estimate of drug-likeness (QED) is 0.331. The minimum absolute atomic E-state index is 0.0702. The number of amides is 1. The van der Waals surface area contributed by atoms with Crippen LogP contribution in [-0.2, 0) is 11.3 Å². The first-order valence-electron chi connectivity index (χ1n) is 16.6. The standard InChI is InChI=1S/C37H55NO3/c1-24(2)26-14-19-37(32(41)38-22-25-10-8-7-9-11-25)21-20-35(5)27(31(26)37)12-13-29-33(3)17-16-30(40)34(4,23-39)28(33)15-18-36(29,35)6/h7-11,26-31,39-40H,1,12-23H2,2-6H3,(H,38,41)/t26-,27?,28+,29?,30-,31?,33-,34-,35+,36+,37-/m0/s1. The highest BCUT2D eigenvalue weighted by Gasteiger charge is 2.72. The number of carbonyl (C=O) groups is 1. The molecular formula is C37H55NO3. The summed E-state index contributed by atoms with van der Waals surface area (Å²) in [5.41, 5.74) is 2.20. The van der Waals surface area contributed by atoms with Gasteiger partial charge in [0.05, 0.1) is 18.1 Å². The SMILES string of the molecule is C=C(C)[C@@H]1CC[C@]2(C(=O)NCc3ccccc3)CC[C@]3(C)C(CCC4[C@@]5(C)CC[C@H](O)[C@@](C)(CO)[C@@H]5CC[C@]43C)C12. The molecule has 1 amide bonds. The molecule has 0 saturated heterocycles. The van der Waals surface area contributed by atoms with Gasteiger partial charge < -0.3 is 15.5 Å². The van der Waals surface area contributed by atoms with Gasteiger partial charge in [-0.25, -0.2) is 0 Å². The van der Waals surface area contributed by atoms with Gasteiger partial charge in [0, 0.05) is 12.0 Å². The second-order valence-corrected chi connectivity index (χ2v) is 16.2. The van der Waals surface area contributed by atoms with Crippen molar-refractivity contribution in [3.63, 3.8) is 0 Å². The molecule has 5 aliphatic carbocycles. The van der Waals surface area contributed by atoms with Crippen molar-refractivity contribution in [2.45, 2.75) is 111 Å². The summed E-state index contributed by atoms with van der Waals surface area (Å²) in [6.07, 6.45) is 10.2. The van der Waals surface area contributed by atoms with Crippen molar-refractivity contribution in [3.8, 4) is 0 Å². The van der Waals surface area contributed by atoms with Crippen molar-refractivity contribution < 1.29 is 15.0 Å². The maximum absolute atomic E-state index is 14.3. The van der Waals surface area contributed by atoms with Crippen LogP contribution in [0.3, 0.4) is 0 Å². The molecule has 5 aliphatic rings. The molecule has 4 nitrogen and oxygen atoms in total. The molecule has 3 N–H and O–H groups in total. The largest absolute Gasteiger partial charge is 0.396 e.